The molecule has 0 saturated heterocycles. The van der Waals surface area contributed by atoms with Crippen molar-refractivity contribution in [1.82, 2.24) is 5.32 Å². The Kier molecular flexibility index (Phi) is 13.4. The van der Waals surface area contributed by atoms with Gasteiger partial charge >= 0.3 is 5.92 Å². The molecule has 0 fully saturated rings. The number of rotatable bonds is 13. The van der Waals surface area contributed by atoms with E-state index in [-0.39, 0.29) is 7.43 Å². The second-order valence-electron chi connectivity index (χ2n) is 6.81. The van der Waals surface area contributed by atoms with E-state index in [9.17, 15) is 13.6 Å². The molecule has 0 radical (unpaired) electrons. The lowest BCUT2D eigenvalue weighted by atomic mass is 9.82. The first kappa shape index (κ1) is 25.5. The first-order chi connectivity index (χ1) is 10.7. The smallest absolute Gasteiger partial charge is 0.321 e. The lowest BCUT2D eigenvalue weighted by Gasteiger charge is -2.36. The van der Waals surface area contributed by atoms with Crippen LogP contribution in [0.25, 0.3) is 0 Å². The molecule has 0 aliphatic carbocycles. The average Bonchev–Trinajstić information content (AvgIpc) is 2.49. The molecule has 0 aromatic rings. The summed E-state index contributed by atoms with van der Waals surface area (Å²) in [7, 11) is 0. The van der Waals surface area contributed by atoms with E-state index in [1.54, 1.807) is 0 Å². The number of hydrogen-bond donors (Lipinski definition) is 3. The number of alkyl halides is 2. The van der Waals surface area contributed by atoms with Gasteiger partial charge in [-0.25, -0.2) is 0 Å². The maximum atomic E-state index is 13.3. The quantitative estimate of drug-likeness (QED) is 0.472. The molecule has 1 amide bonds. The summed E-state index contributed by atoms with van der Waals surface area (Å²) >= 11 is 0. The van der Waals surface area contributed by atoms with Gasteiger partial charge in [0.1, 0.15) is 0 Å². The largest absolute Gasteiger partial charge is 0.345 e. The molecular weight excluding hydrogens is 312 g/mol. The minimum absolute atomic E-state index is 0. The summed E-state index contributed by atoms with van der Waals surface area (Å²) in [5, 5.41) is 2.63. The van der Waals surface area contributed by atoms with Gasteiger partial charge in [-0.2, -0.15) is 8.78 Å². The molecule has 0 aliphatic heterocycles. The Labute approximate surface area is 147 Å². The third kappa shape index (κ3) is 10.2. The summed E-state index contributed by atoms with van der Waals surface area (Å²) in [6, 6.07) is 0. The topological polar surface area (TPSA) is 81.1 Å². The molecule has 4 nitrogen and oxygen atoms in total. The van der Waals surface area contributed by atoms with Gasteiger partial charge in [0, 0.05) is 12.5 Å². The second kappa shape index (κ2) is 12.6. The molecule has 6 heteroatoms. The van der Waals surface area contributed by atoms with Crippen molar-refractivity contribution in [1.29, 1.82) is 0 Å². The molecule has 0 aliphatic rings. The number of carbonyl (C=O) groups is 1. The van der Waals surface area contributed by atoms with Gasteiger partial charge < -0.3 is 16.8 Å². The van der Waals surface area contributed by atoms with Crippen molar-refractivity contribution in [3.8, 4) is 0 Å². The normalized spacial score (nSPS) is 13.3. The fourth-order valence-electron chi connectivity index (χ4n) is 2.79. The van der Waals surface area contributed by atoms with Gasteiger partial charge in [0.05, 0.1) is 0 Å². The van der Waals surface area contributed by atoms with Crippen LogP contribution in [0.3, 0.4) is 0 Å². The van der Waals surface area contributed by atoms with Crippen LogP contribution in [0.5, 0.6) is 0 Å². The van der Waals surface area contributed by atoms with Crippen molar-refractivity contribution in [2.24, 2.45) is 17.4 Å². The van der Waals surface area contributed by atoms with Crippen molar-refractivity contribution < 1.29 is 13.6 Å². The van der Waals surface area contributed by atoms with Crippen LogP contribution >= 0.6 is 0 Å². The van der Waals surface area contributed by atoms with Gasteiger partial charge in [-0.1, -0.05) is 40.5 Å². The van der Waals surface area contributed by atoms with Crippen LogP contribution in [0, 0.1) is 5.92 Å². The molecule has 0 bridgehead atoms. The molecule has 24 heavy (non-hydrogen) atoms. The lowest BCUT2D eigenvalue weighted by molar-refractivity contribution is -0.145. The number of nitrogens with two attached hydrogens (primary N) is 2. The van der Waals surface area contributed by atoms with E-state index in [1.165, 1.54) is 0 Å². The summed E-state index contributed by atoms with van der Waals surface area (Å²) < 4.78 is 26.7. The van der Waals surface area contributed by atoms with Crippen molar-refractivity contribution in [3.05, 3.63) is 0 Å². The predicted molar refractivity (Wildman–Crippen MR) is 98.1 cm³/mol. The Balaban J connectivity index is 0. The van der Waals surface area contributed by atoms with E-state index in [4.69, 9.17) is 11.5 Å². The Morgan fingerprint density at radius 2 is 1.54 bits per heavy atom. The van der Waals surface area contributed by atoms with E-state index in [0.717, 1.165) is 19.3 Å². The summed E-state index contributed by atoms with van der Waals surface area (Å²) in [6.07, 6.45) is 6.35. The van der Waals surface area contributed by atoms with Crippen LogP contribution in [0.2, 0.25) is 0 Å². The molecule has 1 atom stereocenters. The Morgan fingerprint density at radius 3 is 1.92 bits per heavy atom. The van der Waals surface area contributed by atoms with Crippen LogP contribution in [-0.4, -0.2) is 30.5 Å². The SMILES string of the molecule is C.CCC(C)CCCC(CCCN)(CCCN)NC(=O)C(C)(F)F. The fraction of sp³-hybridized carbons (Fsp3) is 0.944. The Hall–Kier alpha value is -0.750. The van der Waals surface area contributed by atoms with Crippen LogP contribution in [0.15, 0.2) is 0 Å². The number of halogens is 2. The van der Waals surface area contributed by atoms with E-state index >= 15 is 0 Å². The molecule has 0 aromatic carbocycles. The van der Waals surface area contributed by atoms with Crippen LogP contribution in [0.4, 0.5) is 8.78 Å². The van der Waals surface area contributed by atoms with E-state index in [0.29, 0.717) is 58.0 Å². The standard InChI is InChI=1S/C17H35F2N3O.CH4/c1-4-14(2)8-5-9-17(10-6-12-20,11-7-13-21)22-15(23)16(3,18)19;/h14H,4-13,20-21H2,1-3H3,(H,22,23);1H4. The maximum Gasteiger partial charge on any atom is 0.321 e. The van der Waals surface area contributed by atoms with Crippen molar-refractivity contribution >= 4 is 5.91 Å². The molecular formula is C18H39F2N3O. The molecule has 0 rings (SSSR count). The summed E-state index contributed by atoms with van der Waals surface area (Å²) in [6.45, 7) is 5.92. The van der Waals surface area contributed by atoms with Gasteiger partial charge in [-0.15, -0.1) is 0 Å². The molecule has 146 valence electrons. The van der Waals surface area contributed by atoms with Gasteiger partial charge in [-0.05, 0) is 51.1 Å². The van der Waals surface area contributed by atoms with Gasteiger partial charge in [-0.3, -0.25) is 4.79 Å². The highest BCUT2D eigenvalue weighted by molar-refractivity contribution is 5.83. The summed E-state index contributed by atoms with van der Waals surface area (Å²) in [5.41, 5.74) is 10.6. The predicted octanol–water partition coefficient (Wildman–Crippen LogP) is 3.83. The van der Waals surface area contributed by atoms with E-state index in [1.807, 2.05) is 0 Å². The van der Waals surface area contributed by atoms with Gasteiger partial charge in [0.15, 0.2) is 0 Å². The molecule has 0 spiro atoms. The third-order valence-electron chi connectivity index (χ3n) is 4.55. The monoisotopic (exact) mass is 351 g/mol. The number of amides is 1. The third-order valence-corrected chi connectivity index (χ3v) is 4.55. The fourth-order valence-corrected chi connectivity index (χ4v) is 2.79. The number of nitrogens with one attached hydrogen (secondary N) is 1. The highest BCUT2D eigenvalue weighted by atomic mass is 19.3. The van der Waals surface area contributed by atoms with Crippen LogP contribution in [0.1, 0.15) is 79.6 Å². The first-order valence-corrected chi connectivity index (χ1v) is 8.81. The summed E-state index contributed by atoms with van der Waals surface area (Å²) in [4.78, 5) is 11.8. The molecule has 0 heterocycles. The lowest BCUT2D eigenvalue weighted by Crippen LogP contribution is -2.53. The van der Waals surface area contributed by atoms with Crippen LogP contribution < -0.4 is 16.8 Å². The van der Waals surface area contributed by atoms with Crippen molar-refractivity contribution in [2.45, 2.75) is 91.0 Å². The van der Waals surface area contributed by atoms with Gasteiger partial charge in [0.25, 0.3) is 5.91 Å². The number of carbonyl (C=O) groups excluding carboxylic acids is 1. The van der Waals surface area contributed by atoms with E-state index < -0.39 is 17.4 Å². The zero-order valence-electron chi connectivity index (χ0n) is 15.0. The highest BCUT2D eigenvalue weighted by Crippen LogP contribution is 2.29. The van der Waals surface area contributed by atoms with Crippen molar-refractivity contribution in [3.63, 3.8) is 0 Å². The highest BCUT2D eigenvalue weighted by Gasteiger charge is 2.39. The minimum Gasteiger partial charge on any atom is -0.345 e. The zero-order valence-corrected chi connectivity index (χ0v) is 15.0. The van der Waals surface area contributed by atoms with E-state index in [2.05, 4.69) is 19.2 Å². The second-order valence-corrected chi connectivity index (χ2v) is 6.81. The molecule has 0 saturated carbocycles. The number of hydrogen-bond acceptors (Lipinski definition) is 3. The minimum atomic E-state index is -3.37. The Bertz CT molecular complexity index is 325. The zero-order chi connectivity index (χ0) is 17.9. The van der Waals surface area contributed by atoms with Crippen LogP contribution in [-0.2, 0) is 4.79 Å². The maximum absolute atomic E-state index is 13.3. The Morgan fingerprint density at radius 1 is 1.08 bits per heavy atom. The molecule has 5 N–H and O–H groups in total. The summed E-state index contributed by atoms with van der Waals surface area (Å²) in [5.74, 6) is -3.97. The molecule has 1 unspecified atom stereocenters. The average molecular weight is 352 g/mol. The first-order valence-electron chi connectivity index (χ1n) is 8.81. The van der Waals surface area contributed by atoms with Crippen molar-refractivity contribution in [2.75, 3.05) is 13.1 Å². The van der Waals surface area contributed by atoms with Gasteiger partial charge in [0.2, 0.25) is 0 Å². The molecule has 0 aromatic heterocycles.